The van der Waals surface area contributed by atoms with E-state index in [9.17, 15) is 4.39 Å². The smallest absolute Gasteiger partial charge is 0.123 e. The van der Waals surface area contributed by atoms with E-state index in [4.69, 9.17) is 0 Å². The van der Waals surface area contributed by atoms with Gasteiger partial charge in [-0.3, -0.25) is 4.68 Å². The average molecular weight is 275 g/mol. The molecular formula is C16H22FN3. The van der Waals surface area contributed by atoms with Crippen LogP contribution in [0.2, 0.25) is 0 Å². The molecule has 3 nitrogen and oxygen atoms in total. The molecule has 1 aromatic carbocycles. The lowest BCUT2D eigenvalue weighted by atomic mass is 10.1. The maximum Gasteiger partial charge on any atom is 0.123 e. The zero-order valence-electron chi connectivity index (χ0n) is 12.6. The van der Waals surface area contributed by atoms with Gasteiger partial charge in [-0.05, 0) is 45.4 Å². The molecule has 0 spiro atoms. The Labute approximate surface area is 119 Å². The van der Waals surface area contributed by atoms with Gasteiger partial charge in [0.2, 0.25) is 0 Å². The van der Waals surface area contributed by atoms with Crippen LogP contribution in [0, 0.1) is 12.7 Å². The first-order valence-corrected chi connectivity index (χ1v) is 6.86. The highest BCUT2D eigenvalue weighted by molar-refractivity contribution is 5.20. The Balaban J connectivity index is 2.09. The van der Waals surface area contributed by atoms with Gasteiger partial charge in [-0.15, -0.1) is 0 Å². The van der Waals surface area contributed by atoms with E-state index < -0.39 is 0 Å². The Morgan fingerprint density at radius 1 is 1.30 bits per heavy atom. The fourth-order valence-corrected chi connectivity index (χ4v) is 1.99. The molecule has 0 radical (unpaired) electrons. The van der Waals surface area contributed by atoms with Crippen molar-refractivity contribution in [2.24, 2.45) is 0 Å². The molecule has 0 amide bonds. The van der Waals surface area contributed by atoms with Crippen molar-refractivity contribution >= 4 is 0 Å². The molecule has 4 heteroatoms. The van der Waals surface area contributed by atoms with E-state index >= 15 is 0 Å². The van der Waals surface area contributed by atoms with E-state index in [1.54, 1.807) is 12.1 Å². The number of hydrogen-bond donors (Lipinski definition) is 1. The van der Waals surface area contributed by atoms with Crippen LogP contribution in [0.4, 0.5) is 4.39 Å². The van der Waals surface area contributed by atoms with Crippen molar-refractivity contribution in [2.45, 2.75) is 46.3 Å². The van der Waals surface area contributed by atoms with Gasteiger partial charge < -0.3 is 5.32 Å². The van der Waals surface area contributed by atoms with Crippen LogP contribution in [-0.2, 0) is 13.1 Å². The summed E-state index contributed by atoms with van der Waals surface area (Å²) in [6.45, 7) is 9.85. The van der Waals surface area contributed by atoms with Crippen LogP contribution < -0.4 is 5.32 Å². The fraction of sp³-hybridized carbons (Fsp3) is 0.438. The van der Waals surface area contributed by atoms with Crippen LogP contribution in [0.5, 0.6) is 0 Å². The number of aromatic nitrogens is 2. The lowest BCUT2D eigenvalue weighted by Gasteiger charge is -2.20. The topological polar surface area (TPSA) is 29.9 Å². The summed E-state index contributed by atoms with van der Waals surface area (Å²) >= 11 is 0. The van der Waals surface area contributed by atoms with Crippen molar-refractivity contribution in [3.8, 4) is 0 Å². The van der Waals surface area contributed by atoms with E-state index in [2.05, 4.69) is 31.2 Å². The van der Waals surface area contributed by atoms with Crippen molar-refractivity contribution < 1.29 is 4.39 Å². The molecule has 1 N–H and O–H groups in total. The quantitative estimate of drug-likeness (QED) is 0.928. The summed E-state index contributed by atoms with van der Waals surface area (Å²) in [6, 6.07) is 6.65. The third kappa shape index (κ3) is 3.90. The molecule has 20 heavy (non-hydrogen) atoms. The Hall–Kier alpha value is -1.68. The second-order valence-electron chi connectivity index (χ2n) is 6.15. The lowest BCUT2D eigenvalue weighted by Crippen LogP contribution is -2.35. The summed E-state index contributed by atoms with van der Waals surface area (Å²) < 4.78 is 15.1. The van der Waals surface area contributed by atoms with Gasteiger partial charge in [-0.2, -0.15) is 5.10 Å². The number of nitrogens with one attached hydrogen (secondary N) is 1. The molecule has 2 rings (SSSR count). The third-order valence-corrected chi connectivity index (χ3v) is 3.24. The zero-order valence-corrected chi connectivity index (χ0v) is 12.6. The molecule has 0 aliphatic rings. The van der Waals surface area contributed by atoms with E-state index in [0.29, 0.717) is 6.54 Å². The van der Waals surface area contributed by atoms with Gasteiger partial charge in [0.05, 0.1) is 12.7 Å². The summed E-state index contributed by atoms with van der Waals surface area (Å²) in [5.74, 6) is -0.207. The van der Waals surface area contributed by atoms with Crippen LogP contribution in [-0.4, -0.2) is 15.3 Å². The Morgan fingerprint density at radius 3 is 2.70 bits per heavy atom. The summed E-state index contributed by atoms with van der Waals surface area (Å²) in [4.78, 5) is 0. The highest BCUT2D eigenvalue weighted by atomic mass is 19.1. The molecule has 0 atom stereocenters. The molecule has 1 aromatic heterocycles. The van der Waals surface area contributed by atoms with Gasteiger partial charge in [0.15, 0.2) is 0 Å². The van der Waals surface area contributed by atoms with Gasteiger partial charge >= 0.3 is 0 Å². The maximum absolute atomic E-state index is 13.2. The van der Waals surface area contributed by atoms with Crippen LogP contribution >= 0.6 is 0 Å². The standard InChI is InChI=1S/C16H22FN3/c1-12-14(9-18-16(2,3)4)10-19-20(12)11-13-6-5-7-15(17)8-13/h5-8,10,18H,9,11H2,1-4H3. The highest BCUT2D eigenvalue weighted by Gasteiger charge is 2.12. The molecule has 0 fully saturated rings. The van der Waals surface area contributed by atoms with Gasteiger partial charge in [0.1, 0.15) is 5.82 Å². The van der Waals surface area contributed by atoms with Crippen molar-refractivity contribution in [1.82, 2.24) is 15.1 Å². The van der Waals surface area contributed by atoms with Gasteiger partial charge in [-0.1, -0.05) is 12.1 Å². The maximum atomic E-state index is 13.2. The number of rotatable bonds is 4. The zero-order chi connectivity index (χ0) is 14.8. The molecular weight excluding hydrogens is 253 g/mol. The van der Waals surface area contributed by atoms with Gasteiger partial charge in [0.25, 0.3) is 0 Å². The van der Waals surface area contributed by atoms with Gasteiger partial charge in [0, 0.05) is 23.3 Å². The van der Waals surface area contributed by atoms with E-state index in [0.717, 1.165) is 17.8 Å². The Kier molecular flexibility index (Phi) is 4.23. The third-order valence-electron chi connectivity index (χ3n) is 3.24. The van der Waals surface area contributed by atoms with E-state index in [1.165, 1.54) is 11.6 Å². The predicted octanol–water partition coefficient (Wildman–Crippen LogP) is 3.27. The summed E-state index contributed by atoms with van der Waals surface area (Å²) in [5, 5.41) is 7.85. The van der Waals surface area contributed by atoms with Crippen molar-refractivity contribution in [3.63, 3.8) is 0 Å². The minimum atomic E-state index is -0.207. The molecule has 0 saturated carbocycles. The van der Waals surface area contributed by atoms with Crippen LogP contribution in [0.15, 0.2) is 30.5 Å². The molecule has 2 aromatic rings. The molecule has 0 aliphatic heterocycles. The van der Waals surface area contributed by atoms with E-state index in [1.807, 2.05) is 23.9 Å². The summed E-state index contributed by atoms with van der Waals surface area (Å²) in [5.41, 5.74) is 3.30. The van der Waals surface area contributed by atoms with Crippen LogP contribution in [0.25, 0.3) is 0 Å². The molecule has 0 bridgehead atoms. The second-order valence-corrected chi connectivity index (χ2v) is 6.15. The monoisotopic (exact) mass is 275 g/mol. The average Bonchev–Trinajstić information content (AvgIpc) is 2.68. The predicted molar refractivity (Wildman–Crippen MR) is 79.1 cm³/mol. The Bertz CT molecular complexity index is 582. The second kappa shape index (κ2) is 5.75. The van der Waals surface area contributed by atoms with Crippen LogP contribution in [0.1, 0.15) is 37.6 Å². The summed E-state index contributed by atoms with van der Waals surface area (Å²) in [7, 11) is 0. The molecule has 0 saturated heterocycles. The normalized spacial score (nSPS) is 11.8. The molecule has 0 unspecified atom stereocenters. The lowest BCUT2D eigenvalue weighted by molar-refractivity contribution is 0.423. The number of hydrogen-bond acceptors (Lipinski definition) is 2. The molecule has 108 valence electrons. The fourth-order valence-electron chi connectivity index (χ4n) is 1.99. The van der Waals surface area contributed by atoms with Crippen molar-refractivity contribution in [3.05, 3.63) is 53.1 Å². The van der Waals surface area contributed by atoms with Crippen molar-refractivity contribution in [1.29, 1.82) is 0 Å². The number of nitrogens with zero attached hydrogens (tertiary/aromatic N) is 2. The largest absolute Gasteiger partial charge is 0.308 e. The first-order chi connectivity index (χ1) is 9.35. The first kappa shape index (κ1) is 14.7. The number of benzene rings is 1. The van der Waals surface area contributed by atoms with Crippen LogP contribution in [0.3, 0.4) is 0 Å². The number of halogens is 1. The first-order valence-electron chi connectivity index (χ1n) is 6.86. The Morgan fingerprint density at radius 2 is 2.05 bits per heavy atom. The minimum absolute atomic E-state index is 0.0805. The van der Waals surface area contributed by atoms with Gasteiger partial charge in [-0.25, -0.2) is 4.39 Å². The highest BCUT2D eigenvalue weighted by Crippen LogP contribution is 2.12. The minimum Gasteiger partial charge on any atom is -0.308 e. The van der Waals surface area contributed by atoms with Crippen molar-refractivity contribution in [2.75, 3.05) is 0 Å². The summed E-state index contributed by atoms with van der Waals surface area (Å²) in [6.07, 6.45) is 1.88. The SMILES string of the molecule is Cc1c(CNC(C)(C)C)cnn1Cc1cccc(F)c1. The van der Waals surface area contributed by atoms with E-state index in [-0.39, 0.29) is 11.4 Å². The molecule has 0 aliphatic carbocycles. The molecule has 1 heterocycles.